The highest BCUT2D eigenvalue weighted by Gasteiger charge is 2.33. The van der Waals surface area contributed by atoms with Gasteiger partial charge in [-0.1, -0.05) is 6.92 Å². The standard InChI is InChI=1S/C11H23NO4S2/c1-5-6-12-11(2,10(13)16-3)9-17-7-8-18(4,14)15/h12H,5-9H2,1-4H3. The zero-order valence-corrected chi connectivity index (χ0v) is 13.1. The van der Waals surface area contributed by atoms with Gasteiger partial charge in [-0.05, 0) is 19.9 Å². The SMILES string of the molecule is CCCNC(C)(CSCCS(C)(=O)=O)C(=O)OC. The van der Waals surface area contributed by atoms with Gasteiger partial charge in [0, 0.05) is 17.8 Å². The maximum absolute atomic E-state index is 11.7. The Morgan fingerprint density at radius 2 is 2.06 bits per heavy atom. The van der Waals surface area contributed by atoms with E-state index >= 15 is 0 Å². The Morgan fingerprint density at radius 1 is 1.44 bits per heavy atom. The lowest BCUT2D eigenvalue weighted by atomic mass is 10.1. The predicted octanol–water partition coefficient (Wildman–Crippen LogP) is 0.695. The molecule has 1 unspecified atom stereocenters. The molecule has 0 aromatic rings. The zero-order chi connectivity index (χ0) is 14.2. The van der Waals surface area contributed by atoms with Crippen LogP contribution < -0.4 is 5.32 Å². The molecule has 0 radical (unpaired) electrons. The summed E-state index contributed by atoms with van der Waals surface area (Å²) in [6.07, 6.45) is 2.13. The lowest BCUT2D eigenvalue weighted by molar-refractivity contribution is -0.146. The summed E-state index contributed by atoms with van der Waals surface area (Å²) in [4.78, 5) is 11.7. The quantitative estimate of drug-likeness (QED) is 0.499. The zero-order valence-electron chi connectivity index (χ0n) is 11.5. The van der Waals surface area contributed by atoms with E-state index in [1.165, 1.54) is 25.1 Å². The summed E-state index contributed by atoms with van der Waals surface area (Å²) in [6, 6.07) is 0. The molecule has 5 nitrogen and oxygen atoms in total. The van der Waals surface area contributed by atoms with E-state index in [1.54, 1.807) is 6.92 Å². The number of thioether (sulfide) groups is 1. The van der Waals surface area contributed by atoms with Crippen molar-refractivity contribution in [3.63, 3.8) is 0 Å². The van der Waals surface area contributed by atoms with Gasteiger partial charge in [-0.15, -0.1) is 0 Å². The number of sulfone groups is 1. The second kappa shape index (κ2) is 8.01. The lowest BCUT2D eigenvalue weighted by Gasteiger charge is -2.27. The van der Waals surface area contributed by atoms with E-state index < -0.39 is 15.4 Å². The largest absolute Gasteiger partial charge is 0.468 e. The van der Waals surface area contributed by atoms with Crippen molar-refractivity contribution >= 4 is 27.6 Å². The number of esters is 1. The summed E-state index contributed by atoms with van der Waals surface area (Å²) in [5.41, 5.74) is -0.757. The maximum Gasteiger partial charge on any atom is 0.326 e. The molecule has 108 valence electrons. The molecule has 1 atom stereocenters. The minimum atomic E-state index is -2.94. The summed E-state index contributed by atoms with van der Waals surface area (Å²) >= 11 is 1.44. The molecule has 0 aliphatic heterocycles. The van der Waals surface area contributed by atoms with Crippen molar-refractivity contribution in [3.8, 4) is 0 Å². The van der Waals surface area contributed by atoms with Crippen molar-refractivity contribution in [1.29, 1.82) is 0 Å². The molecule has 0 saturated heterocycles. The van der Waals surface area contributed by atoms with Gasteiger partial charge in [-0.3, -0.25) is 4.79 Å². The molecule has 0 fully saturated rings. The van der Waals surface area contributed by atoms with Crippen LogP contribution in [-0.4, -0.2) is 57.1 Å². The molecule has 0 aromatic heterocycles. The van der Waals surface area contributed by atoms with Gasteiger partial charge in [0.15, 0.2) is 0 Å². The number of hydrogen-bond donors (Lipinski definition) is 1. The van der Waals surface area contributed by atoms with Gasteiger partial charge in [0.25, 0.3) is 0 Å². The molecule has 0 aromatic carbocycles. The van der Waals surface area contributed by atoms with Crippen LogP contribution in [-0.2, 0) is 19.4 Å². The van der Waals surface area contributed by atoms with E-state index in [1.807, 2.05) is 6.92 Å². The van der Waals surface area contributed by atoms with Crippen molar-refractivity contribution < 1.29 is 17.9 Å². The number of ether oxygens (including phenoxy) is 1. The fraction of sp³-hybridized carbons (Fsp3) is 0.909. The van der Waals surface area contributed by atoms with Crippen molar-refractivity contribution in [1.82, 2.24) is 5.32 Å². The van der Waals surface area contributed by atoms with Gasteiger partial charge in [-0.2, -0.15) is 11.8 Å². The van der Waals surface area contributed by atoms with Gasteiger partial charge in [0.1, 0.15) is 15.4 Å². The molecule has 0 aliphatic carbocycles. The van der Waals surface area contributed by atoms with Crippen LogP contribution in [0.2, 0.25) is 0 Å². The number of nitrogens with one attached hydrogen (secondary N) is 1. The summed E-state index contributed by atoms with van der Waals surface area (Å²) in [6.45, 7) is 4.52. The maximum atomic E-state index is 11.7. The van der Waals surface area contributed by atoms with Crippen LogP contribution in [0.5, 0.6) is 0 Å². The Kier molecular flexibility index (Phi) is 7.89. The third kappa shape index (κ3) is 7.23. The van der Waals surface area contributed by atoms with E-state index in [0.717, 1.165) is 13.0 Å². The molecule has 0 aliphatic rings. The average molecular weight is 297 g/mol. The predicted molar refractivity (Wildman–Crippen MR) is 75.8 cm³/mol. The van der Waals surface area contributed by atoms with Crippen molar-refractivity contribution in [2.45, 2.75) is 25.8 Å². The minimum absolute atomic E-state index is 0.128. The molecule has 1 N–H and O–H groups in total. The Morgan fingerprint density at radius 3 is 2.50 bits per heavy atom. The molecular weight excluding hydrogens is 274 g/mol. The monoisotopic (exact) mass is 297 g/mol. The van der Waals surface area contributed by atoms with Crippen LogP contribution in [0.15, 0.2) is 0 Å². The molecule has 0 heterocycles. The van der Waals surface area contributed by atoms with E-state index in [4.69, 9.17) is 4.74 Å². The highest BCUT2D eigenvalue weighted by molar-refractivity contribution is 8.00. The summed E-state index contributed by atoms with van der Waals surface area (Å²) in [7, 11) is -1.59. The number of carbonyl (C=O) groups excluding carboxylic acids is 1. The minimum Gasteiger partial charge on any atom is -0.468 e. The third-order valence-electron chi connectivity index (χ3n) is 2.39. The normalized spacial score (nSPS) is 15.1. The number of carbonyl (C=O) groups is 1. The molecule has 0 saturated carbocycles. The molecule has 18 heavy (non-hydrogen) atoms. The van der Waals surface area contributed by atoms with Crippen LogP contribution in [0.4, 0.5) is 0 Å². The van der Waals surface area contributed by atoms with Crippen molar-refractivity contribution in [2.75, 3.05) is 37.2 Å². The van der Waals surface area contributed by atoms with Crippen LogP contribution in [0.3, 0.4) is 0 Å². The average Bonchev–Trinajstić information content (AvgIpc) is 2.30. The smallest absolute Gasteiger partial charge is 0.326 e. The van der Waals surface area contributed by atoms with Crippen LogP contribution >= 0.6 is 11.8 Å². The molecule has 0 rings (SSSR count). The topological polar surface area (TPSA) is 72.5 Å². The van der Waals surface area contributed by atoms with E-state index in [9.17, 15) is 13.2 Å². The second-order valence-corrected chi connectivity index (χ2v) is 7.80. The van der Waals surface area contributed by atoms with Gasteiger partial charge < -0.3 is 10.1 Å². The Balaban J connectivity index is 4.29. The highest BCUT2D eigenvalue weighted by Crippen LogP contribution is 2.15. The van der Waals surface area contributed by atoms with Crippen molar-refractivity contribution in [3.05, 3.63) is 0 Å². The fourth-order valence-electron chi connectivity index (χ4n) is 1.29. The number of methoxy groups -OCH3 is 1. The lowest BCUT2D eigenvalue weighted by Crippen LogP contribution is -2.52. The van der Waals surface area contributed by atoms with Gasteiger partial charge in [0.2, 0.25) is 0 Å². The first-order valence-electron chi connectivity index (χ1n) is 5.84. The van der Waals surface area contributed by atoms with Gasteiger partial charge >= 0.3 is 5.97 Å². The summed E-state index contributed by atoms with van der Waals surface area (Å²) < 4.78 is 26.8. The van der Waals surface area contributed by atoms with Crippen LogP contribution in [0.1, 0.15) is 20.3 Å². The van der Waals surface area contributed by atoms with Crippen molar-refractivity contribution in [2.24, 2.45) is 0 Å². The van der Waals surface area contributed by atoms with E-state index in [2.05, 4.69) is 5.32 Å². The summed E-state index contributed by atoms with van der Waals surface area (Å²) in [5.74, 6) is 0.791. The molecule has 0 bridgehead atoms. The first-order chi connectivity index (χ1) is 8.25. The first-order valence-corrected chi connectivity index (χ1v) is 9.05. The van der Waals surface area contributed by atoms with Crippen LogP contribution in [0.25, 0.3) is 0 Å². The number of rotatable bonds is 9. The highest BCUT2D eigenvalue weighted by atomic mass is 32.2. The Bertz CT molecular complexity index is 356. The van der Waals surface area contributed by atoms with Crippen LogP contribution in [0, 0.1) is 0 Å². The summed E-state index contributed by atoms with van der Waals surface area (Å²) in [5, 5.41) is 3.15. The molecule has 0 spiro atoms. The van der Waals surface area contributed by atoms with Gasteiger partial charge in [-0.25, -0.2) is 8.42 Å². The fourth-order valence-corrected chi connectivity index (χ4v) is 3.75. The molecular formula is C11H23NO4S2. The second-order valence-electron chi connectivity index (χ2n) is 4.43. The first kappa shape index (κ1) is 17.7. The molecule has 0 amide bonds. The van der Waals surface area contributed by atoms with E-state index in [0.29, 0.717) is 11.5 Å². The molecule has 7 heteroatoms. The Hall–Kier alpha value is -0.270. The number of hydrogen-bond acceptors (Lipinski definition) is 6. The Labute approximate surface area is 114 Å². The third-order valence-corrected chi connectivity index (χ3v) is 4.87. The van der Waals surface area contributed by atoms with E-state index in [-0.39, 0.29) is 11.7 Å². The van der Waals surface area contributed by atoms with Gasteiger partial charge in [0.05, 0.1) is 12.9 Å².